The molecule has 3 atom stereocenters. The second-order valence-corrected chi connectivity index (χ2v) is 5.97. The molecule has 2 heterocycles. The molecule has 1 aromatic carbocycles. The number of halogens is 2. The van der Waals surface area contributed by atoms with Gasteiger partial charge in [-0.05, 0) is 5.56 Å². The van der Waals surface area contributed by atoms with Gasteiger partial charge in [-0.15, -0.1) is 0 Å². The summed E-state index contributed by atoms with van der Waals surface area (Å²) in [5.41, 5.74) is 0.891. The molecule has 0 aromatic heterocycles. The van der Waals surface area contributed by atoms with E-state index in [4.69, 9.17) is 9.47 Å². The Kier molecular flexibility index (Phi) is 4.77. The summed E-state index contributed by atoms with van der Waals surface area (Å²) in [6.45, 7) is -0.315. The SMILES string of the molecule is O=C1CC(NC(=O)C2CC(F)(F)CN2)C(OCc2ccccc2)O1. The van der Waals surface area contributed by atoms with Gasteiger partial charge in [0.05, 0.1) is 25.6 Å². The number of rotatable bonds is 5. The van der Waals surface area contributed by atoms with E-state index in [1.54, 1.807) is 0 Å². The van der Waals surface area contributed by atoms with Crippen LogP contribution in [0.3, 0.4) is 0 Å². The second kappa shape index (κ2) is 6.82. The van der Waals surface area contributed by atoms with Gasteiger partial charge in [0.25, 0.3) is 5.92 Å². The van der Waals surface area contributed by atoms with Crippen LogP contribution in [-0.2, 0) is 25.7 Å². The van der Waals surface area contributed by atoms with Crippen molar-refractivity contribution in [3.63, 3.8) is 0 Å². The number of hydrogen-bond donors (Lipinski definition) is 2. The van der Waals surface area contributed by atoms with Gasteiger partial charge >= 0.3 is 5.97 Å². The Morgan fingerprint density at radius 2 is 2.12 bits per heavy atom. The molecule has 3 rings (SSSR count). The van der Waals surface area contributed by atoms with E-state index in [-0.39, 0.29) is 13.0 Å². The molecule has 24 heavy (non-hydrogen) atoms. The molecule has 0 saturated carbocycles. The average Bonchev–Trinajstić information content (AvgIpc) is 3.08. The molecule has 6 nitrogen and oxygen atoms in total. The van der Waals surface area contributed by atoms with Crippen LogP contribution >= 0.6 is 0 Å². The molecule has 0 bridgehead atoms. The Hall–Kier alpha value is -2.06. The molecule has 2 saturated heterocycles. The molecule has 130 valence electrons. The van der Waals surface area contributed by atoms with Gasteiger partial charge in [-0.3, -0.25) is 14.9 Å². The van der Waals surface area contributed by atoms with E-state index in [9.17, 15) is 18.4 Å². The summed E-state index contributed by atoms with van der Waals surface area (Å²) in [6.07, 6.45) is -1.53. The largest absolute Gasteiger partial charge is 0.433 e. The van der Waals surface area contributed by atoms with Gasteiger partial charge < -0.3 is 14.8 Å². The molecular formula is C16H18F2N2O4. The van der Waals surface area contributed by atoms with Crippen LogP contribution in [0.4, 0.5) is 8.78 Å². The van der Waals surface area contributed by atoms with Crippen molar-refractivity contribution in [2.75, 3.05) is 6.54 Å². The summed E-state index contributed by atoms with van der Waals surface area (Å²) in [5, 5.41) is 5.05. The monoisotopic (exact) mass is 340 g/mol. The molecule has 2 N–H and O–H groups in total. The molecule has 1 aromatic rings. The predicted molar refractivity (Wildman–Crippen MR) is 79.0 cm³/mol. The zero-order chi connectivity index (χ0) is 17.2. The number of carbonyl (C=O) groups excluding carboxylic acids is 2. The maximum atomic E-state index is 13.2. The maximum Gasteiger partial charge on any atom is 0.310 e. The van der Waals surface area contributed by atoms with Gasteiger partial charge in [-0.25, -0.2) is 8.78 Å². The third kappa shape index (κ3) is 4.07. The van der Waals surface area contributed by atoms with Crippen LogP contribution in [0, 0.1) is 0 Å². The highest BCUT2D eigenvalue weighted by Gasteiger charge is 2.44. The summed E-state index contributed by atoms with van der Waals surface area (Å²) < 4.78 is 36.9. The van der Waals surface area contributed by atoms with E-state index >= 15 is 0 Å². The smallest absolute Gasteiger partial charge is 0.310 e. The van der Waals surface area contributed by atoms with E-state index in [0.29, 0.717) is 0 Å². The minimum atomic E-state index is -2.90. The Balaban J connectivity index is 1.55. The number of alkyl halides is 2. The van der Waals surface area contributed by atoms with Crippen molar-refractivity contribution in [2.45, 2.75) is 43.7 Å². The molecule has 3 unspecified atom stereocenters. The first-order chi connectivity index (χ1) is 11.4. The van der Waals surface area contributed by atoms with Crippen molar-refractivity contribution < 1.29 is 27.8 Å². The maximum absolute atomic E-state index is 13.2. The topological polar surface area (TPSA) is 76.7 Å². The van der Waals surface area contributed by atoms with Crippen LogP contribution in [-0.4, -0.2) is 42.7 Å². The third-order valence-electron chi connectivity index (χ3n) is 3.97. The Morgan fingerprint density at radius 3 is 2.79 bits per heavy atom. The van der Waals surface area contributed by atoms with Crippen LogP contribution in [0.15, 0.2) is 30.3 Å². The van der Waals surface area contributed by atoms with E-state index in [0.717, 1.165) is 5.56 Å². The highest BCUT2D eigenvalue weighted by atomic mass is 19.3. The van der Waals surface area contributed by atoms with Gasteiger partial charge in [-0.1, -0.05) is 30.3 Å². The molecular weight excluding hydrogens is 322 g/mol. The lowest BCUT2D eigenvalue weighted by Crippen LogP contribution is -2.48. The van der Waals surface area contributed by atoms with E-state index < -0.39 is 49.1 Å². The number of ether oxygens (including phenoxy) is 2. The van der Waals surface area contributed by atoms with Crippen molar-refractivity contribution >= 4 is 11.9 Å². The zero-order valence-electron chi connectivity index (χ0n) is 12.8. The van der Waals surface area contributed by atoms with Gasteiger partial charge in [0, 0.05) is 6.42 Å². The lowest BCUT2D eigenvalue weighted by Gasteiger charge is -2.21. The lowest BCUT2D eigenvalue weighted by atomic mass is 10.1. The number of amides is 1. The summed E-state index contributed by atoms with van der Waals surface area (Å²) in [4.78, 5) is 23.6. The number of cyclic esters (lactones) is 1. The molecule has 2 fully saturated rings. The molecule has 8 heteroatoms. The van der Waals surface area contributed by atoms with Crippen molar-refractivity contribution in [3.8, 4) is 0 Å². The third-order valence-corrected chi connectivity index (χ3v) is 3.97. The zero-order valence-corrected chi connectivity index (χ0v) is 12.8. The Bertz CT molecular complexity index is 611. The number of hydrogen-bond acceptors (Lipinski definition) is 5. The highest BCUT2D eigenvalue weighted by molar-refractivity contribution is 5.84. The number of benzene rings is 1. The van der Waals surface area contributed by atoms with Crippen molar-refractivity contribution in [3.05, 3.63) is 35.9 Å². The number of nitrogens with one attached hydrogen (secondary N) is 2. The van der Waals surface area contributed by atoms with Crippen LogP contribution < -0.4 is 10.6 Å². The van der Waals surface area contributed by atoms with Crippen molar-refractivity contribution in [1.82, 2.24) is 10.6 Å². The standard InChI is InChI=1S/C16H18F2N2O4/c17-16(18)7-12(19-9-16)14(22)20-11-6-13(21)24-15(11)23-8-10-4-2-1-3-5-10/h1-5,11-12,15,19H,6-9H2,(H,20,22). The molecule has 0 radical (unpaired) electrons. The number of esters is 1. The fourth-order valence-corrected chi connectivity index (χ4v) is 2.74. The Labute approximate surface area is 137 Å². The average molecular weight is 340 g/mol. The summed E-state index contributed by atoms with van der Waals surface area (Å²) in [7, 11) is 0. The molecule has 2 aliphatic heterocycles. The van der Waals surface area contributed by atoms with Gasteiger partial charge in [0.2, 0.25) is 12.2 Å². The summed E-state index contributed by atoms with van der Waals surface area (Å²) in [6, 6.07) is 7.61. The van der Waals surface area contributed by atoms with Crippen LogP contribution in [0.25, 0.3) is 0 Å². The second-order valence-electron chi connectivity index (χ2n) is 5.97. The van der Waals surface area contributed by atoms with Crippen LogP contribution in [0.2, 0.25) is 0 Å². The normalized spacial score (nSPS) is 28.6. The fraction of sp³-hybridized carbons (Fsp3) is 0.500. The first-order valence-electron chi connectivity index (χ1n) is 7.69. The fourth-order valence-electron chi connectivity index (χ4n) is 2.74. The summed E-state index contributed by atoms with van der Waals surface area (Å²) >= 11 is 0. The van der Waals surface area contributed by atoms with Crippen molar-refractivity contribution in [2.24, 2.45) is 0 Å². The minimum Gasteiger partial charge on any atom is -0.433 e. The first-order valence-corrected chi connectivity index (χ1v) is 7.69. The van der Waals surface area contributed by atoms with Crippen molar-refractivity contribution in [1.29, 1.82) is 0 Å². The highest BCUT2D eigenvalue weighted by Crippen LogP contribution is 2.26. The van der Waals surface area contributed by atoms with Gasteiger partial charge in [0.15, 0.2) is 0 Å². The molecule has 0 aliphatic carbocycles. The first kappa shape index (κ1) is 16.8. The van der Waals surface area contributed by atoms with E-state index in [1.807, 2.05) is 30.3 Å². The van der Waals surface area contributed by atoms with Gasteiger partial charge in [0.1, 0.15) is 6.04 Å². The summed E-state index contributed by atoms with van der Waals surface area (Å²) in [5.74, 6) is -3.97. The van der Waals surface area contributed by atoms with Gasteiger partial charge in [-0.2, -0.15) is 0 Å². The van der Waals surface area contributed by atoms with Crippen LogP contribution in [0.1, 0.15) is 18.4 Å². The van der Waals surface area contributed by atoms with Crippen LogP contribution in [0.5, 0.6) is 0 Å². The van der Waals surface area contributed by atoms with E-state index in [1.165, 1.54) is 0 Å². The Morgan fingerprint density at radius 1 is 1.38 bits per heavy atom. The quantitative estimate of drug-likeness (QED) is 0.781. The lowest BCUT2D eigenvalue weighted by molar-refractivity contribution is -0.168. The number of carbonyl (C=O) groups is 2. The molecule has 2 aliphatic rings. The minimum absolute atomic E-state index is 0.0473. The van der Waals surface area contributed by atoms with E-state index in [2.05, 4.69) is 10.6 Å². The molecule has 0 spiro atoms. The molecule has 1 amide bonds. The predicted octanol–water partition coefficient (Wildman–Crippen LogP) is 0.958.